The van der Waals surface area contributed by atoms with Gasteiger partial charge in [-0.2, -0.15) is 5.10 Å². The maximum absolute atomic E-state index is 12.4. The standard InChI is InChI=1S/C18H17N3O4/c1-24-18(23)14-7-5-13(6-8-14)17(22)19-12-15(16-4-2-11-25-16)21-10-3-9-20-21/h2-11,15H,12H2,1H3,(H,19,22)/t15-/m0/s1. The molecule has 0 fully saturated rings. The summed E-state index contributed by atoms with van der Waals surface area (Å²) in [4.78, 5) is 23.8. The summed E-state index contributed by atoms with van der Waals surface area (Å²) in [6.45, 7) is 0.312. The predicted molar refractivity (Wildman–Crippen MR) is 89.2 cm³/mol. The van der Waals surface area contributed by atoms with Gasteiger partial charge in [-0.1, -0.05) is 0 Å². The summed E-state index contributed by atoms with van der Waals surface area (Å²) >= 11 is 0. The molecule has 7 heteroatoms. The molecule has 0 unspecified atom stereocenters. The largest absolute Gasteiger partial charge is 0.467 e. The summed E-state index contributed by atoms with van der Waals surface area (Å²) in [5.41, 5.74) is 0.843. The molecule has 3 rings (SSSR count). The highest BCUT2D eigenvalue weighted by Crippen LogP contribution is 2.17. The zero-order chi connectivity index (χ0) is 17.6. The molecule has 0 aliphatic heterocycles. The van der Waals surface area contributed by atoms with Crippen molar-refractivity contribution in [3.63, 3.8) is 0 Å². The van der Waals surface area contributed by atoms with Gasteiger partial charge in [0.25, 0.3) is 5.91 Å². The van der Waals surface area contributed by atoms with Crippen LogP contribution >= 0.6 is 0 Å². The lowest BCUT2D eigenvalue weighted by Gasteiger charge is -2.16. The fourth-order valence-electron chi connectivity index (χ4n) is 2.44. The number of aromatic nitrogens is 2. The molecule has 2 heterocycles. The van der Waals surface area contributed by atoms with Crippen molar-refractivity contribution in [2.24, 2.45) is 0 Å². The second-order valence-corrected chi connectivity index (χ2v) is 5.30. The molecule has 0 saturated heterocycles. The monoisotopic (exact) mass is 339 g/mol. The van der Waals surface area contributed by atoms with E-state index in [1.54, 1.807) is 47.5 Å². The van der Waals surface area contributed by atoms with Gasteiger partial charge in [0.15, 0.2) is 0 Å². The van der Waals surface area contributed by atoms with Crippen LogP contribution in [0.3, 0.4) is 0 Å². The number of carbonyl (C=O) groups is 2. The fraction of sp³-hybridized carbons (Fsp3) is 0.167. The highest BCUT2D eigenvalue weighted by molar-refractivity contribution is 5.96. The molecule has 0 saturated carbocycles. The third-order valence-corrected chi connectivity index (χ3v) is 3.74. The molecule has 1 N–H and O–H groups in total. The lowest BCUT2D eigenvalue weighted by molar-refractivity contribution is 0.0600. The normalized spacial score (nSPS) is 11.7. The van der Waals surface area contributed by atoms with E-state index < -0.39 is 5.97 Å². The van der Waals surface area contributed by atoms with Gasteiger partial charge in [-0.3, -0.25) is 9.48 Å². The molecule has 0 radical (unpaired) electrons. The lowest BCUT2D eigenvalue weighted by Crippen LogP contribution is -2.31. The average Bonchev–Trinajstić information content (AvgIpc) is 3.35. The number of hydrogen-bond donors (Lipinski definition) is 1. The molecule has 0 aliphatic carbocycles. The van der Waals surface area contributed by atoms with E-state index >= 15 is 0 Å². The third kappa shape index (κ3) is 3.77. The van der Waals surface area contributed by atoms with E-state index in [-0.39, 0.29) is 11.9 Å². The van der Waals surface area contributed by atoms with Crippen LogP contribution in [0.25, 0.3) is 0 Å². The molecule has 1 amide bonds. The maximum atomic E-state index is 12.4. The number of rotatable bonds is 6. The van der Waals surface area contributed by atoms with Crippen molar-refractivity contribution in [2.75, 3.05) is 13.7 Å². The van der Waals surface area contributed by atoms with Crippen molar-refractivity contribution in [2.45, 2.75) is 6.04 Å². The van der Waals surface area contributed by atoms with Crippen LogP contribution in [0.1, 0.15) is 32.5 Å². The van der Waals surface area contributed by atoms with Gasteiger partial charge in [0, 0.05) is 24.5 Å². The Hall–Kier alpha value is -3.35. The van der Waals surface area contributed by atoms with Crippen LogP contribution in [0.15, 0.2) is 65.5 Å². The van der Waals surface area contributed by atoms with Crippen LogP contribution in [-0.2, 0) is 4.74 Å². The summed E-state index contributed by atoms with van der Waals surface area (Å²) < 4.78 is 11.8. The topological polar surface area (TPSA) is 86.4 Å². The first-order valence-corrected chi connectivity index (χ1v) is 7.68. The molecule has 0 bridgehead atoms. The number of nitrogens with one attached hydrogen (secondary N) is 1. The fourth-order valence-corrected chi connectivity index (χ4v) is 2.44. The number of amides is 1. The van der Waals surface area contributed by atoms with Crippen LogP contribution in [0.2, 0.25) is 0 Å². The second-order valence-electron chi connectivity index (χ2n) is 5.30. The van der Waals surface area contributed by atoms with Crippen LogP contribution in [0, 0.1) is 0 Å². The van der Waals surface area contributed by atoms with Gasteiger partial charge in [0.2, 0.25) is 0 Å². The van der Waals surface area contributed by atoms with Gasteiger partial charge in [0.05, 0.1) is 18.9 Å². The van der Waals surface area contributed by atoms with E-state index in [2.05, 4.69) is 15.2 Å². The lowest BCUT2D eigenvalue weighted by atomic mass is 10.1. The molecule has 1 aromatic carbocycles. The van der Waals surface area contributed by atoms with E-state index in [0.29, 0.717) is 23.4 Å². The SMILES string of the molecule is COC(=O)c1ccc(C(=O)NC[C@@H](c2ccco2)n2cccn2)cc1. The van der Waals surface area contributed by atoms with E-state index in [1.165, 1.54) is 7.11 Å². The Labute approximate surface area is 144 Å². The summed E-state index contributed by atoms with van der Waals surface area (Å²) in [5, 5.41) is 7.08. The van der Waals surface area contributed by atoms with Crippen LogP contribution in [0.5, 0.6) is 0 Å². The first kappa shape index (κ1) is 16.5. The smallest absolute Gasteiger partial charge is 0.337 e. The summed E-state index contributed by atoms with van der Waals surface area (Å²) in [5.74, 6) is 0.00805. The van der Waals surface area contributed by atoms with Crippen molar-refractivity contribution in [1.82, 2.24) is 15.1 Å². The van der Waals surface area contributed by atoms with Gasteiger partial charge in [0.1, 0.15) is 11.8 Å². The molecule has 0 aliphatic rings. The van der Waals surface area contributed by atoms with E-state index in [1.807, 2.05) is 18.3 Å². The first-order chi connectivity index (χ1) is 12.2. The zero-order valence-electron chi connectivity index (χ0n) is 13.6. The minimum absolute atomic E-state index is 0.247. The highest BCUT2D eigenvalue weighted by Gasteiger charge is 2.18. The van der Waals surface area contributed by atoms with Crippen molar-refractivity contribution in [1.29, 1.82) is 0 Å². The Kier molecular flexibility index (Phi) is 4.94. The maximum Gasteiger partial charge on any atom is 0.337 e. The predicted octanol–water partition coefficient (Wildman–Crippen LogP) is 2.28. The van der Waals surface area contributed by atoms with Crippen molar-refractivity contribution in [3.05, 3.63) is 78.0 Å². The molecule has 0 spiro atoms. The Morgan fingerprint density at radius 3 is 2.56 bits per heavy atom. The molecular formula is C18H17N3O4. The molecular weight excluding hydrogens is 322 g/mol. The number of ether oxygens (including phenoxy) is 1. The van der Waals surface area contributed by atoms with Crippen LogP contribution < -0.4 is 5.32 Å². The molecule has 128 valence electrons. The van der Waals surface area contributed by atoms with E-state index in [9.17, 15) is 9.59 Å². The number of nitrogens with zero attached hydrogens (tertiary/aromatic N) is 2. The zero-order valence-corrected chi connectivity index (χ0v) is 13.6. The van der Waals surface area contributed by atoms with Crippen molar-refractivity contribution >= 4 is 11.9 Å². The van der Waals surface area contributed by atoms with Crippen LogP contribution in [-0.4, -0.2) is 35.3 Å². The van der Waals surface area contributed by atoms with Crippen molar-refractivity contribution in [3.8, 4) is 0 Å². The number of esters is 1. The Morgan fingerprint density at radius 1 is 1.20 bits per heavy atom. The number of methoxy groups -OCH3 is 1. The number of benzene rings is 1. The van der Waals surface area contributed by atoms with Gasteiger partial charge in [-0.05, 0) is 42.5 Å². The van der Waals surface area contributed by atoms with E-state index in [0.717, 1.165) is 0 Å². The number of hydrogen-bond acceptors (Lipinski definition) is 5. The van der Waals surface area contributed by atoms with Crippen molar-refractivity contribution < 1.29 is 18.7 Å². The molecule has 25 heavy (non-hydrogen) atoms. The minimum Gasteiger partial charge on any atom is -0.467 e. The van der Waals surface area contributed by atoms with Gasteiger partial charge >= 0.3 is 5.97 Å². The number of furan rings is 1. The Bertz CT molecular complexity index is 790. The van der Waals surface area contributed by atoms with Crippen LogP contribution in [0.4, 0.5) is 0 Å². The molecule has 3 aromatic rings. The summed E-state index contributed by atoms with van der Waals surface area (Å²) in [6.07, 6.45) is 5.06. The third-order valence-electron chi connectivity index (χ3n) is 3.74. The summed E-state index contributed by atoms with van der Waals surface area (Å²) in [6, 6.07) is 11.5. The minimum atomic E-state index is -0.441. The Balaban J connectivity index is 1.69. The quantitative estimate of drug-likeness (QED) is 0.696. The molecule has 7 nitrogen and oxygen atoms in total. The molecule has 2 aromatic heterocycles. The van der Waals surface area contributed by atoms with Gasteiger partial charge in [-0.15, -0.1) is 0 Å². The first-order valence-electron chi connectivity index (χ1n) is 7.68. The number of carbonyl (C=O) groups excluding carboxylic acids is 2. The highest BCUT2D eigenvalue weighted by atomic mass is 16.5. The van der Waals surface area contributed by atoms with E-state index in [4.69, 9.17) is 4.42 Å². The van der Waals surface area contributed by atoms with Gasteiger partial charge in [-0.25, -0.2) is 4.79 Å². The Morgan fingerprint density at radius 2 is 1.96 bits per heavy atom. The van der Waals surface area contributed by atoms with Gasteiger partial charge < -0.3 is 14.5 Å². The average molecular weight is 339 g/mol. The second kappa shape index (κ2) is 7.48. The molecule has 1 atom stereocenters. The summed E-state index contributed by atoms with van der Waals surface area (Å²) in [7, 11) is 1.31.